The monoisotopic (exact) mass is 206 g/mol. The average molecular weight is 206 g/mol. The molecule has 0 aliphatic carbocycles. The highest BCUT2D eigenvalue weighted by atomic mass is 16.6. The first-order valence-corrected chi connectivity index (χ1v) is 4.23. The number of primary amides is 1. The number of benzene rings is 1. The molecule has 0 aromatic heterocycles. The van der Waals surface area contributed by atoms with E-state index in [-0.39, 0.29) is 5.69 Å². The first kappa shape index (κ1) is 10.9. The molecule has 1 amide bonds. The van der Waals surface area contributed by atoms with Crippen LogP contribution in [0.25, 0.3) is 6.08 Å². The molecule has 78 valence electrons. The van der Waals surface area contributed by atoms with Crippen molar-refractivity contribution in [3.63, 3.8) is 0 Å². The molecule has 1 aromatic rings. The maximum atomic E-state index is 10.7. The molecule has 0 saturated carbocycles. The van der Waals surface area contributed by atoms with Crippen LogP contribution >= 0.6 is 0 Å². The van der Waals surface area contributed by atoms with Crippen LogP contribution in [0.2, 0.25) is 0 Å². The number of hydrogen-bond donors (Lipinski definition) is 1. The molecular weight excluding hydrogens is 196 g/mol. The second-order valence-corrected chi connectivity index (χ2v) is 3.06. The van der Waals surface area contributed by atoms with Crippen LogP contribution in [0.1, 0.15) is 11.1 Å². The minimum Gasteiger partial charge on any atom is -0.366 e. The Labute approximate surface area is 86.4 Å². The third-order valence-corrected chi connectivity index (χ3v) is 1.81. The molecule has 1 aromatic carbocycles. The van der Waals surface area contributed by atoms with E-state index in [0.29, 0.717) is 5.56 Å². The lowest BCUT2D eigenvalue weighted by Crippen LogP contribution is -2.05. The Hall–Kier alpha value is -2.17. The third-order valence-electron chi connectivity index (χ3n) is 1.81. The first-order chi connectivity index (χ1) is 7.00. The van der Waals surface area contributed by atoms with Crippen molar-refractivity contribution in [3.8, 4) is 0 Å². The van der Waals surface area contributed by atoms with E-state index >= 15 is 0 Å². The normalized spacial score (nSPS) is 10.5. The summed E-state index contributed by atoms with van der Waals surface area (Å²) in [6.07, 6.45) is 2.43. The van der Waals surface area contributed by atoms with Gasteiger partial charge in [0.25, 0.3) is 5.69 Å². The molecule has 0 heterocycles. The van der Waals surface area contributed by atoms with Gasteiger partial charge in [0.1, 0.15) is 0 Å². The molecule has 0 radical (unpaired) electrons. The molecule has 15 heavy (non-hydrogen) atoms. The highest BCUT2D eigenvalue weighted by Crippen LogP contribution is 2.21. The SMILES string of the molecule is Cc1ccc(C=CC(N)=O)c([N+](=O)[O-])c1. The molecule has 5 heteroatoms. The van der Waals surface area contributed by atoms with Crippen molar-refractivity contribution in [3.05, 3.63) is 45.5 Å². The number of hydrogen-bond acceptors (Lipinski definition) is 3. The van der Waals surface area contributed by atoms with Crippen LogP contribution in [-0.4, -0.2) is 10.8 Å². The van der Waals surface area contributed by atoms with Gasteiger partial charge in [-0.2, -0.15) is 0 Å². The van der Waals surface area contributed by atoms with Gasteiger partial charge in [0, 0.05) is 12.1 Å². The molecule has 0 unspecified atom stereocenters. The lowest BCUT2D eigenvalue weighted by molar-refractivity contribution is -0.385. The number of nitro groups is 1. The van der Waals surface area contributed by atoms with Crippen LogP contribution in [-0.2, 0) is 4.79 Å². The highest BCUT2D eigenvalue weighted by molar-refractivity contribution is 5.90. The molecule has 0 aliphatic heterocycles. The lowest BCUT2D eigenvalue weighted by atomic mass is 10.1. The number of carbonyl (C=O) groups is 1. The maximum absolute atomic E-state index is 10.7. The quantitative estimate of drug-likeness (QED) is 0.460. The van der Waals surface area contributed by atoms with Gasteiger partial charge in [-0.15, -0.1) is 0 Å². The van der Waals surface area contributed by atoms with E-state index < -0.39 is 10.8 Å². The molecule has 0 saturated heterocycles. The summed E-state index contributed by atoms with van der Waals surface area (Å²) in [4.78, 5) is 20.7. The number of nitro benzene ring substituents is 1. The Morgan fingerprint density at radius 1 is 1.53 bits per heavy atom. The molecule has 0 aliphatic rings. The van der Waals surface area contributed by atoms with E-state index in [1.807, 2.05) is 0 Å². The van der Waals surface area contributed by atoms with Crippen LogP contribution in [0, 0.1) is 17.0 Å². The predicted octanol–water partition coefficient (Wildman–Crippen LogP) is 1.40. The molecule has 5 nitrogen and oxygen atoms in total. The molecule has 0 atom stereocenters. The minimum atomic E-state index is -0.634. The van der Waals surface area contributed by atoms with Crippen molar-refractivity contribution in [1.29, 1.82) is 0 Å². The van der Waals surface area contributed by atoms with Gasteiger partial charge in [0.05, 0.1) is 10.5 Å². The van der Waals surface area contributed by atoms with Crippen LogP contribution in [0.15, 0.2) is 24.3 Å². The van der Waals surface area contributed by atoms with Gasteiger partial charge in [0.2, 0.25) is 5.91 Å². The van der Waals surface area contributed by atoms with Gasteiger partial charge < -0.3 is 5.73 Å². The smallest absolute Gasteiger partial charge is 0.276 e. The van der Waals surface area contributed by atoms with Gasteiger partial charge in [-0.3, -0.25) is 14.9 Å². The third kappa shape index (κ3) is 2.91. The molecular formula is C10H10N2O3. The van der Waals surface area contributed by atoms with Crippen molar-refractivity contribution in [1.82, 2.24) is 0 Å². The molecule has 0 bridgehead atoms. The van der Waals surface area contributed by atoms with Gasteiger partial charge in [0.15, 0.2) is 0 Å². The molecule has 1 rings (SSSR count). The number of nitrogens with two attached hydrogens (primary N) is 1. The first-order valence-electron chi connectivity index (χ1n) is 4.23. The van der Waals surface area contributed by atoms with E-state index in [9.17, 15) is 14.9 Å². The summed E-state index contributed by atoms with van der Waals surface area (Å²) in [5.41, 5.74) is 6.02. The fraction of sp³-hybridized carbons (Fsp3) is 0.100. The zero-order chi connectivity index (χ0) is 11.4. The number of carbonyl (C=O) groups excluding carboxylic acids is 1. The van der Waals surface area contributed by atoms with E-state index in [1.54, 1.807) is 19.1 Å². The zero-order valence-electron chi connectivity index (χ0n) is 8.14. The van der Waals surface area contributed by atoms with Crippen molar-refractivity contribution in [2.24, 2.45) is 5.73 Å². The van der Waals surface area contributed by atoms with Crippen LogP contribution < -0.4 is 5.73 Å². The maximum Gasteiger partial charge on any atom is 0.276 e. The molecule has 0 spiro atoms. The van der Waals surface area contributed by atoms with Gasteiger partial charge in [-0.05, 0) is 24.6 Å². The number of amides is 1. The highest BCUT2D eigenvalue weighted by Gasteiger charge is 2.10. The Kier molecular flexibility index (Phi) is 3.17. The Bertz CT molecular complexity index is 438. The topological polar surface area (TPSA) is 86.2 Å². The number of aryl methyl sites for hydroxylation is 1. The minimum absolute atomic E-state index is 0.0347. The van der Waals surface area contributed by atoms with Crippen molar-refractivity contribution in [2.45, 2.75) is 6.92 Å². The van der Waals surface area contributed by atoms with Crippen molar-refractivity contribution < 1.29 is 9.72 Å². The summed E-state index contributed by atoms with van der Waals surface area (Å²) >= 11 is 0. The summed E-state index contributed by atoms with van der Waals surface area (Å²) in [5, 5.41) is 10.7. The Morgan fingerprint density at radius 2 is 2.20 bits per heavy atom. The Balaban J connectivity index is 3.17. The van der Waals surface area contributed by atoms with Crippen LogP contribution in [0.4, 0.5) is 5.69 Å². The standard InChI is InChI=1S/C10H10N2O3/c1-7-2-3-8(4-5-10(11)13)9(6-7)12(14)15/h2-6H,1H3,(H2,11,13). The van der Waals surface area contributed by atoms with E-state index in [0.717, 1.165) is 11.6 Å². The summed E-state index contributed by atoms with van der Waals surface area (Å²) in [6, 6.07) is 4.75. The average Bonchev–Trinajstić information content (AvgIpc) is 2.15. The second-order valence-electron chi connectivity index (χ2n) is 3.06. The largest absolute Gasteiger partial charge is 0.366 e. The van der Waals surface area contributed by atoms with Gasteiger partial charge in [-0.25, -0.2) is 0 Å². The lowest BCUT2D eigenvalue weighted by Gasteiger charge is -1.98. The molecule has 0 fully saturated rings. The Morgan fingerprint density at radius 3 is 2.73 bits per heavy atom. The summed E-state index contributed by atoms with van der Waals surface area (Å²) in [5.74, 6) is -0.634. The van der Waals surface area contributed by atoms with Crippen molar-refractivity contribution in [2.75, 3.05) is 0 Å². The van der Waals surface area contributed by atoms with Crippen LogP contribution in [0.5, 0.6) is 0 Å². The van der Waals surface area contributed by atoms with E-state index in [4.69, 9.17) is 5.73 Å². The van der Waals surface area contributed by atoms with Gasteiger partial charge in [-0.1, -0.05) is 6.07 Å². The predicted molar refractivity (Wildman–Crippen MR) is 56.1 cm³/mol. The summed E-state index contributed by atoms with van der Waals surface area (Å²) < 4.78 is 0. The van der Waals surface area contributed by atoms with Crippen LogP contribution in [0.3, 0.4) is 0 Å². The summed E-state index contributed by atoms with van der Waals surface area (Å²) in [6.45, 7) is 1.76. The fourth-order valence-electron chi connectivity index (χ4n) is 1.12. The van der Waals surface area contributed by atoms with E-state index in [1.165, 1.54) is 12.1 Å². The van der Waals surface area contributed by atoms with E-state index in [2.05, 4.69) is 0 Å². The zero-order valence-corrected chi connectivity index (χ0v) is 8.14. The number of nitrogens with zero attached hydrogens (tertiary/aromatic N) is 1. The molecule has 2 N–H and O–H groups in total. The summed E-state index contributed by atoms with van der Waals surface area (Å²) in [7, 11) is 0. The second kappa shape index (κ2) is 4.36. The van der Waals surface area contributed by atoms with Gasteiger partial charge >= 0.3 is 0 Å². The fourth-order valence-corrected chi connectivity index (χ4v) is 1.12. The number of rotatable bonds is 3. The van der Waals surface area contributed by atoms with Crippen molar-refractivity contribution >= 4 is 17.7 Å².